The van der Waals surface area contributed by atoms with Gasteiger partial charge in [-0.2, -0.15) is 0 Å². The van der Waals surface area contributed by atoms with Crippen molar-refractivity contribution in [1.82, 2.24) is 25.3 Å². The van der Waals surface area contributed by atoms with Crippen LogP contribution in [0, 0.1) is 6.92 Å². The Hall–Kier alpha value is -3.94. The number of pyridine rings is 3. The maximum absolute atomic E-state index is 12.1. The van der Waals surface area contributed by atoms with E-state index in [0.717, 1.165) is 46.4 Å². The molecule has 4 aromatic heterocycles. The summed E-state index contributed by atoms with van der Waals surface area (Å²) in [5.41, 5.74) is 4.93. The lowest BCUT2D eigenvalue weighted by Gasteiger charge is -2.10. The van der Waals surface area contributed by atoms with Gasteiger partial charge < -0.3 is 20.4 Å². The lowest BCUT2D eigenvalue weighted by Crippen LogP contribution is -2.19. The highest BCUT2D eigenvalue weighted by atomic mass is 16.5. The van der Waals surface area contributed by atoms with Crippen LogP contribution in [0.3, 0.4) is 0 Å². The fourth-order valence-electron chi connectivity index (χ4n) is 3.50. The van der Waals surface area contributed by atoms with E-state index in [4.69, 9.17) is 4.74 Å². The molecule has 0 spiro atoms. The molecule has 5 rings (SSSR count). The fraction of sp³-hybridized carbons (Fsp3) is 0.217. The van der Waals surface area contributed by atoms with E-state index in [2.05, 4.69) is 30.6 Å². The third-order valence-corrected chi connectivity index (χ3v) is 5.27. The average molecular weight is 414 g/mol. The number of rotatable bonds is 6. The second-order valence-electron chi connectivity index (χ2n) is 7.58. The van der Waals surface area contributed by atoms with Crippen molar-refractivity contribution in [3.05, 3.63) is 60.3 Å². The quantitative estimate of drug-likeness (QED) is 0.441. The summed E-state index contributed by atoms with van der Waals surface area (Å²) in [6, 6.07) is 7.69. The van der Waals surface area contributed by atoms with Gasteiger partial charge in [-0.05, 0) is 43.5 Å². The predicted molar refractivity (Wildman–Crippen MR) is 119 cm³/mol. The van der Waals surface area contributed by atoms with Crippen LogP contribution in [0.25, 0.3) is 22.0 Å². The highest BCUT2D eigenvalue weighted by molar-refractivity contribution is 6.07. The monoisotopic (exact) mass is 414 g/mol. The van der Waals surface area contributed by atoms with Crippen molar-refractivity contribution in [2.75, 3.05) is 12.4 Å². The summed E-state index contributed by atoms with van der Waals surface area (Å²) in [5.74, 6) is 1.15. The number of fused-ring (bicyclic) bond motifs is 1. The van der Waals surface area contributed by atoms with E-state index in [9.17, 15) is 4.79 Å². The van der Waals surface area contributed by atoms with Gasteiger partial charge in [0.1, 0.15) is 11.9 Å². The number of aryl methyl sites for hydroxylation is 1. The van der Waals surface area contributed by atoms with Crippen molar-refractivity contribution in [2.45, 2.75) is 25.9 Å². The maximum atomic E-state index is 12.1. The van der Waals surface area contributed by atoms with Crippen LogP contribution in [0.1, 0.15) is 28.9 Å². The number of carbonyl (C=O) groups is 1. The molecule has 1 aliphatic carbocycles. The van der Waals surface area contributed by atoms with Gasteiger partial charge in [0.2, 0.25) is 5.88 Å². The van der Waals surface area contributed by atoms with Crippen LogP contribution < -0.4 is 15.4 Å². The Kier molecular flexibility index (Phi) is 4.74. The van der Waals surface area contributed by atoms with Crippen molar-refractivity contribution >= 4 is 28.3 Å². The first kappa shape index (κ1) is 19.0. The smallest absolute Gasteiger partial charge is 0.271 e. The molecule has 1 saturated carbocycles. The molecule has 1 aliphatic rings. The predicted octanol–water partition coefficient (Wildman–Crippen LogP) is 3.97. The number of carbonyl (C=O) groups excluding carboxylic acids is 1. The van der Waals surface area contributed by atoms with Crippen molar-refractivity contribution in [2.24, 2.45) is 0 Å². The van der Waals surface area contributed by atoms with Crippen LogP contribution in [-0.4, -0.2) is 39.0 Å². The second kappa shape index (κ2) is 7.71. The molecule has 8 nitrogen and oxygen atoms in total. The van der Waals surface area contributed by atoms with Crippen molar-refractivity contribution in [3.8, 4) is 17.0 Å². The van der Waals surface area contributed by atoms with Crippen molar-refractivity contribution < 1.29 is 9.53 Å². The highest BCUT2D eigenvalue weighted by Gasteiger charge is 2.23. The fourth-order valence-corrected chi connectivity index (χ4v) is 3.50. The minimum atomic E-state index is -0.226. The Labute approximate surface area is 179 Å². The van der Waals surface area contributed by atoms with Crippen LogP contribution in [0.2, 0.25) is 0 Å². The number of amides is 1. The molecule has 1 amide bonds. The Morgan fingerprint density at radius 3 is 2.71 bits per heavy atom. The number of anilines is 2. The topological polar surface area (TPSA) is 105 Å². The van der Waals surface area contributed by atoms with Gasteiger partial charge in [-0.15, -0.1) is 0 Å². The number of nitrogens with one attached hydrogen (secondary N) is 3. The van der Waals surface area contributed by atoms with Gasteiger partial charge in [0.15, 0.2) is 5.69 Å². The van der Waals surface area contributed by atoms with Gasteiger partial charge in [-0.1, -0.05) is 0 Å². The number of hydrogen-bond donors (Lipinski definition) is 3. The number of nitrogens with zero attached hydrogens (tertiary/aromatic N) is 3. The van der Waals surface area contributed by atoms with E-state index >= 15 is 0 Å². The van der Waals surface area contributed by atoms with E-state index in [1.165, 1.54) is 0 Å². The minimum absolute atomic E-state index is 0.226. The summed E-state index contributed by atoms with van der Waals surface area (Å²) < 4.78 is 5.69. The van der Waals surface area contributed by atoms with E-state index in [-0.39, 0.29) is 5.91 Å². The van der Waals surface area contributed by atoms with Crippen LogP contribution in [-0.2, 0) is 0 Å². The van der Waals surface area contributed by atoms with Gasteiger partial charge in [-0.25, -0.2) is 15.0 Å². The van der Waals surface area contributed by atoms with E-state index in [1.54, 1.807) is 19.4 Å². The zero-order chi connectivity index (χ0) is 21.4. The zero-order valence-electron chi connectivity index (χ0n) is 17.3. The van der Waals surface area contributed by atoms with Gasteiger partial charge >= 0.3 is 0 Å². The summed E-state index contributed by atoms with van der Waals surface area (Å²) in [4.78, 5) is 28.4. The number of H-pyrrole nitrogens is 1. The first-order valence-corrected chi connectivity index (χ1v) is 10.2. The normalized spacial score (nSPS) is 13.2. The molecule has 3 N–H and O–H groups in total. The molecule has 31 heavy (non-hydrogen) atoms. The first-order chi connectivity index (χ1) is 15.1. The molecule has 1 fully saturated rings. The molecule has 4 heterocycles. The molecule has 0 aromatic carbocycles. The van der Waals surface area contributed by atoms with Gasteiger partial charge in [-0.3, -0.25) is 4.79 Å². The molecular weight excluding hydrogens is 392 g/mol. The molecule has 0 unspecified atom stereocenters. The summed E-state index contributed by atoms with van der Waals surface area (Å²) in [6.45, 7) is 2.03. The van der Waals surface area contributed by atoms with Crippen LogP contribution in [0.5, 0.6) is 5.88 Å². The first-order valence-electron chi connectivity index (χ1n) is 10.2. The Balaban J connectivity index is 1.40. The molecule has 0 radical (unpaired) electrons. The molecule has 4 aromatic rings. The maximum Gasteiger partial charge on any atom is 0.271 e. The van der Waals surface area contributed by atoms with E-state index < -0.39 is 0 Å². The van der Waals surface area contributed by atoms with Crippen LogP contribution >= 0.6 is 0 Å². The molecule has 0 saturated heterocycles. The number of ether oxygens (including phenoxy) is 1. The van der Waals surface area contributed by atoms with Gasteiger partial charge in [0, 0.05) is 48.2 Å². The van der Waals surface area contributed by atoms with Gasteiger partial charge in [0.05, 0.1) is 17.4 Å². The molecule has 8 heteroatoms. The summed E-state index contributed by atoms with van der Waals surface area (Å²) in [6.07, 6.45) is 9.66. The third kappa shape index (κ3) is 3.79. The summed E-state index contributed by atoms with van der Waals surface area (Å²) in [5, 5.41) is 6.83. The van der Waals surface area contributed by atoms with Crippen molar-refractivity contribution in [3.63, 3.8) is 0 Å². The van der Waals surface area contributed by atoms with Crippen molar-refractivity contribution in [1.29, 1.82) is 0 Å². The zero-order valence-corrected chi connectivity index (χ0v) is 17.3. The molecule has 0 bridgehead atoms. The van der Waals surface area contributed by atoms with Gasteiger partial charge in [0.25, 0.3) is 5.91 Å². The van der Waals surface area contributed by atoms with E-state index in [0.29, 0.717) is 23.2 Å². The number of aromatic nitrogens is 4. The summed E-state index contributed by atoms with van der Waals surface area (Å²) in [7, 11) is 1.59. The Morgan fingerprint density at radius 2 is 2.00 bits per heavy atom. The summed E-state index contributed by atoms with van der Waals surface area (Å²) >= 11 is 0. The minimum Gasteiger partial charge on any atom is -0.474 e. The molecule has 0 atom stereocenters. The molecular formula is C23H22N6O2. The number of aromatic amines is 1. The third-order valence-electron chi connectivity index (χ3n) is 5.27. The Bertz CT molecular complexity index is 1260. The lowest BCUT2D eigenvalue weighted by atomic mass is 10.0. The largest absolute Gasteiger partial charge is 0.474 e. The van der Waals surface area contributed by atoms with Crippen LogP contribution in [0.4, 0.5) is 11.5 Å². The van der Waals surface area contributed by atoms with E-state index in [1.807, 2.05) is 43.6 Å². The average Bonchev–Trinajstić information content (AvgIpc) is 3.50. The standard InChI is InChI=1S/C23H22N6O2/c1-13-9-19(29-14-3-6-20(27-10-14)31-15-4-5-15)26-11-17(13)18-12-28-21-16(18)7-8-25-22(21)23(30)24-2/h3,6-12,15,28H,4-5H2,1-2H3,(H,24,30)(H,26,29). The van der Waals surface area contributed by atoms with Crippen LogP contribution in [0.15, 0.2) is 49.1 Å². The SMILES string of the molecule is CNC(=O)c1nccc2c(-c3cnc(Nc4ccc(OC5CC5)nc4)cc3C)c[nH]c12. The lowest BCUT2D eigenvalue weighted by molar-refractivity contribution is 0.0960. The molecule has 156 valence electrons. The Morgan fingerprint density at radius 1 is 1.13 bits per heavy atom. The number of hydrogen-bond acceptors (Lipinski definition) is 6. The second-order valence-corrected chi connectivity index (χ2v) is 7.58. The highest BCUT2D eigenvalue weighted by Crippen LogP contribution is 2.32. The molecule has 0 aliphatic heterocycles.